The molecular formula is C29H38FN3O2. The number of para-hydroxylation sites is 1. The fourth-order valence-electron chi connectivity index (χ4n) is 5.79. The van der Waals surface area contributed by atoms with Gasteiger partial charge in [-0.05, 0) is 48.6 Å². The van der Waals surface area contributed by atoms with Crippen molar-refractivity contribution in [3.05, 3.63) is 59.9 Å². The van der Waals surface area contributed by atoms with Gasteiger partial charge < -0.3 is 14.5 Å². The molecule has 0 unspecified atom stereocenters. The minimum absolute atomic E-state index is 0.141. The molecule has 2 aliphatic heterocycles. The molecule has 0 radical (unpaired) electrons. The summed E-state index contributed by atoms with van der Waals surface area (Å²) in [5, 5.41) is 0. The number of amides is 1. The van der Waals surface area contributed by atoms with Crippen molar-refractivity contribution in [1.29, 1.82) is 0 Å². The Bertz CT molecular complexity index is 960. The van der Waals surface area contributed by atoms with Crippen molar-refractivity contribution in [2.45, 2.75) is 57.6 Å². The maximum absolute atomic E-state index is 14.1. The number of carbonyl (C=O) groups is 1. The van der Waals surface area contributed by atoms with Gasteiger partial charge in [-0.2, -0.15) is 0 Å². The molecule has 0 aromatic heterocycles. The highest BCUT2D eigenvalue weighted by Crippen LogP contribution is 2.29. The fourth-order valence-corrected chi connectivity index (χ4v) is 5.79. The number of likely N-dealkylation sites (tertiary alicyclic amines) is 1. The first-order valence-electron chi connectivity index (χ1n) is 13.4. The van der Waals surface area contributed by atoms with Crippen LogP contribution in [0.4, 0.5) is 10.1 Å². The van der Waals surface area contributed by atoms with Crippen LogP contribution in [0.1, 0.15) is 50.5 Å². The molecule has 1 saturated carbocycles. The number of piperazine rings is 1. The topological polar surface area (TPSA) is 36.0 Å². The van der Waals surface area contributed by atoms with Crippen LogP contribution in [0, 0.1) is 11.7 Å². The van der Waals surface area contributed by atoms with E-state index in [0.717, 1.165) is 70.8 Å². The minimum Gasteiger partial charge on any atom is -0.490 e. The van der Waals surface area contributed by atoms with Crippen LogP contribution in [-0.4, -0.2) is 61.1 Å². The highest BCUT2D eigenvalue weighted by molar-refractivity contribution is 5.76. The van der Waals surface area contributed by atoms with Gasteiger partial charge in [0.15, 0.2) is 0 Å². The third-order valence-electron chi connectivity index (χ3n) is 7.93. The van der Waals surface area contributed by atoms with Crippen molar-refractivity contribution in [3.8, 4) is 5.75 Å². The lowest BCUT2D eigenvalue weighted by molar-refractivity contribution is -0.134. The zero-order valence-corrected chi connectivity index (χ0v) is 20.7. The van der Waals surface area contributed by atoms with Gasteiger partial charge >= 0.3 is 0 Å². The highest BCUT2D eigenvalue weighted by Gasteiger charge is 2.27. The van der Waals surface area contributed by atoms with E-state index in [4.69, 9.17) is 4.74 Å². The van der Waals surface area contributed by atoms with E-state index in [0.29, 0.717) is 17.5 Å². The summed E-state index contributed by atoms with van der Waals surface area (Å²) in [6.45, 7) is 6.04. The smallest absolute Gasteiger partial charge is 0.222 e. The third-order valence-corrected chi connectivity index (χ3v) is 7.93. The molecular weight excluding hydrogens is 441 g/mol. The average molecular weight is 480 g/mol. The molecule has 2 aromatic rings. The summed E-state index contributed by atoms with van der Waals surface area (Å²) in [5.74, 6) is 1.73. The Kier molecular flexibility index (Phi) is 7.87. The van der Waals surface area contributed by atoms with Crippen LogP contribution in [0.5, 0.6) is 5.75 Å². The molecule has 5 rings (SSSR count). The maximum Gasteiger partial charge on any atom is 0.222 e. The first-order chi connectivity index (χ1) is 17.1. The van der Waals surface area contributed by atoms with Gasteiger partial charge in [-0.1, -0.05) is 37.1 Å². The predicted molar refractivity (Wildman–Crippen MR) is 137 cm³/mol. The van der Waals surface area contributed by atoms with Gasteiger partial charge in [0.2, 0.25) is 5.91 Å². The van der Waals surface area contributed by atoms with Gasteiger partial charge in [-0.25, -0.2) is 4.39 Å². The van der Waals surface area contributed by atoms with E-state index in [1.807, 2.05) is 17.0 Å². The number of carbonyl (C=O) groups excluding carboxylic acids is 1. The quantitative estimate of drug-likeness (QED) is 0.554. The average Bonchev–Trinajstić information content (AvgIpc) is 3.40. The Morgan fingerprint density at radius 3 is 2.23 bits per heavy atom. The second-order valence-corrected chi connectivity index (χ2v) is 10.4. The molecule has 1 amide bonds. The molecule has 6 heteroatoms. The lowest BCUT2D eigenvalue weighted by Crippen LogP contribution is -2.46. The number of benzene rings is 2. The molecule has 0 atom stereocenters. The zero-order chi connectivity index (χ0) is 24.0. The van der Waals surface area contributed by atoms with E-state index in [9.17, 15) is 9.18 Å². The lowest BCUT2D eigenvalue weighted by Gasteiger charge is -2.36. The van der Waals surface area contributed by atoms with Crippen LogP contribution in [0.15, 0.2) is 48.5 Å². The van der Waals surface area contributed by atoms with Gasteiger partial charge in [0.05, 0.1) is 5.69 Å². The van der Waals surface area contributed by atoms with Crippen LogP contribution in [0.25, 0.3) is 0 Å². The molecule has 2 saturated heterocycles. The third kappa shape index (κ3) is 6.35. The molecule has 0 bridgehead atoms. The molecule has 2 aromatic carbocycles. The Labute approximate surface area is 208 Å². The summed E-state index contributed by atoms with van der Waals surface area (Å²) >= 11 is 0. The van der Waals surface area contributed by atoms with E-state index in [1.54, 1.807) is 6.07 Å². The summed E-state index contributed by atoms with van der Waals surface area (Å²) in [4.78, 5) is 19.2. The van der Waals surface area contributed by atoms with Crippen molar-refractivity contribution in [1.82, 2.24) is 9.80 Å². The van der Waals surface area contributed by atoms with Crippen LogP contribution < -0.4 is 9.64 Å². The van der Waals surface area contributed by atoms with Gasteiger partial charge in [0.1, 0.15) is 17.7 Å². The van der Waals surface area contributed by atoms with Crippen molar-refractivity contribution in [2.75, 3.05) is 44.2 Å². The fraction of sp³-hybridized carbons (Fsp3) is 0.552. The summed E-state index contributed by atoms with van der Waals surface area (Å²) in [6, 6.07) is 15.5. The van der Waals surface area contributed by atoms with E-state index >= 15 is 0 Å². The van der Waals surface area contributed by atoms with E-state index in [1.165, 1.54) is 37.3 Å². The number of rotatable bonds is 7. The molecule has 0 N–H and O–H groups in total. The Hall–Kier alpha value is -2.60. The summed E-state index contributed by atoms with van der Waals surface area (Å²) < 4.78 is 20.3. The molecule has 188 valence electrons. The number of piperidine rings is 1. The summed E-state index contributed by atoms with van der Waals surface area (Å²) in [5.41, 5.74) is 1.97. The van der Waals surface area contributed by atoms with Crippen molar-refractivity contribution in [2.24, 2.45) is 5.92 Å². The van der Waals surface area contributed by atoms with Crippen LogP contribution >= 0.6 is 0 Å². The lowest BCUT2D eigenvalue weighted by atomic mass is 10.0. The molecule has 35 heavy (non-hydrogen) atoms. The molecule has 2 heterocycles. The first kappa shape index (κ1) is 24.1. The van der Waals surface area contributed by atoms with Gasteiger partial charge in [-0.3, -0.25) is 9.69 Å². The minimum atomic E-state index is -0.141. The van der Waals surface area contributed by atoms with Gasteiger partial charge in [0, 0.05) is 65.1 Å². The Morgan fingerprint density at radius 1 is 0.857 bits per heavy atom. The van der Waals surface area contributed by atoms with Gasteiger partial charge in [0.25, 0.3) is 0 Å². The van der Waals surface area contributed by atoms with E-state index < -0.39 is 0 Å². The standard InChI is InChI=1S/C29H38FN3O2/c30-27-7-3-4-8-28(27)32-19-17-31(18-20-32)22-24-9-11-25(12-10-24)35-26-13-15-33(16-14-26)29(34)21-23-5-1-2-6-23/h3-4,7-12,23,26H,1-2,5-6,13-22H2. The maximum atomic E-state index is 14.1. The van der Waals surface area contributed by atoms with E-state index in [2.05, 4.69) is 34.1 Å². The Balaban J connectivity index is 1.03. The molecule has 0 spiro atoms. The molecule has 5 nitrogen and oxygen atoms in total. The number of halogens is 1. The summed E-state index contributed by atoms with van der Waals surface area (Å²) in [6.07, 6.45) is 7.77. The Morgan fingerprint density at radius 2 is 1.54 bits per heavy atom. The van der Waals surface area contributed by atoms with Crippen LogP contribution in [0.2, 0.25) is 0 Å². The molecule has 3 aliphatic rings. The monoisotopic (exact) mass is 479 g/mol. The predicted octanol–water partition coefficient (Wildman–Crippen LogP) is 5.10. The second-order valence-electron chi connectivity index (χ2n) is 10.4. The largest absolute Gasteiger partial charge is 0.490 e. The van der Waals surface area contributed by atoms with Crippen molar-refractivity contribution >= 4 is 11.6 Å². The van der Waals surface area contributed by atoms with E-state index in [-0.39, 0.29) is 11.9 Å². The number of ether oxygens (including phenoxy) is 1. The molecule has 1 aliphatic carbocycles. The van der Waals surface area contributed by atoms with Gasteiger partial charge in [-0.15, -0.1) is 0 Å². The zero-order valence-electron chi connectivity index (χ0n) is 20.7. The van der Waals surface area contributed by atoms with Crippen molar-refractivity contribution < 1.29 is 13.9 Å². The number of hydrogen-bond donors (Lipinski definition) is 0. The van der Waals surface area contributed by atoms with Crippen LogP contribution in [-0.2, 0) is 11.3 Å². The van der Waals surface area contributed by atoms with Crippen molar-refractivity contribution in [3.63, 3.8) is 0 Å². The number of nitrogens with zero attached hydrogens (tertiary/aromatic N) is 3. The SMILES string of the molecule is O=C(CC1CCCC1)N1CCC(Oc2ccc(CN3CCN(c4ccccc4F)CC3)cc2)CC1. The van der Waals surface area contributed by atoms with Crippen LogP contribution in [0.3, 0.4) is 0 Å². The highest BCUT2D eigenvalue weighted by atomic mass is 19.1. The molecule has 3 fully saturated rings. The normalized spacial score (nSPS) is 20.4. The summed E-state index contributed by atoms with van der Waals surface area (Å²) in [7, 11) is 0. The first-order valence-corrected chi connectivity index (χ1v) is 13.4. The number of anilines is 1. The number of hydrogen-bond acceptors (Lipinski definition) is 4. The second kappa shape index (κ2) is 11.4.